The Morgan fingerprint density at radius 1 is 0.632 bits per heavy atom. The summed E-state index contributed by atoms with van der Waals surface area (Å²) in [7, 11) is 1.00. The zero-order chi connectivity index (χ0) is 14.3. The summed E-state index contributed by atoms with van der Waals surface area (Å²) in [6.45, 7) is 0. The first-order valence-electron chi connectivity index (χ1n) is 5.58. The average molecular weight is 260 g/mol. The molecule has 0 aliphatic carbocycles. The van der Waals surface area contributed by atoms with Crippen LogP contribution in [0.15, 0.2) is 42.5 Å². The molecule has 0 saturated heterocycles. The van der Waals surface area contributed by atoms with Crippen molar-refractivity contribution in [3.63, 3.8) is 0 Å². The molecule has 0 aliphatic heterocycles. The second kappa shape index (κ2) is 7.08. The summed E-state index contributed by atoms with van der Waals surface area (Å²) < 4.78 is 0. The van der Waals surface area contributed by atoms with Crippen molar-refractivity contribution in [2.75, 3.05) is 7.11 Å². The summed E-state index contributed by atoms with van der Waals surface area (Å²) in [6, 6.07) is 11.1. The van der Waals surface area contributed by atoms with Crippen LogP contribution in [-0.2, 0) is 0 Å². The zero-order valence-corrected chi connectivity index (χ0v) is 10.5. The highest BCUT2D eigenvalue weighted by atomic mass is 16.3. The number of aliphatic hydroxyl groups excluding tert-OH is 1. The van der Waals surface area contributed by atoms with Crippen molar-refractivity contribution in [2.45, 2.75) is 0 Å². The molecule has 0 fully saturated rings. The Bertz CT molecular complexity index is 524. The van der Waals surface area contributed by atoms with Gasteiger partial charge in [0.05, 0.1) is 0 Å². The number of phenolic OH excluding ortho intramolecular Hbond substituents is 3. The van der Waals surface area contributed by atoms with Gasteiger partial charge in [-0.3, -0.25) is 0 Å². The van der Waals surface area contributed by atoms with Gasteiger partial charge in [-0.1, -0.05) is 24.3 Å². The molecule has 4 heteroatoms. The number of aliphatic hydroxyl groups is 1. The molecule has 2 rings (SSSR count). The van der Waals surface area contributed by atoms with Gasteiger partial charge in [-0.2, -0.15) is 0 Å². The van der Waals surface area contributed by atoms with Crippen molar-refractivity contribution < 1.29 is 20.4 Å². The first-order chi connectivity index (χ1) is 9.13. The standard InChI is InChI=1S/C14H12O3.CH4O/c15-12-5-3-10(4-6-12)1-2-11-7-13(16)9-14(17)8-11;1-2/h1-9,15-17H;2H,1H3. The van der Waals surface area contributed by atoms with E-state index in [1.165, 1.54) is 6.07 Å². The summed E-state index contributed by atoms with van der Waals surface area (Å²) in [6.07, 6.45) is 3.60. The molecular formula is C15H16O4. The minimum absolute atomic E-state index is 0.0235. The summed E-state index contributed by atoms with van der Waals surface area (Å²) in [5.41, 5.74) is 1.63. The molecule has 0 amide bonds. The van der Waals surface area contributed by atoms with Crippen LogP contribution in [0.1, 0.15) is 11.1 Å². The lowest BCUT2D eigenvalue weighted by Gasteiger charge is -1.98. The fourth-order valence-corrected chi connectivity index (χ4v) is 1.49. The van der Waals surface area contributed by atoms with Crippen molar-refractivity contribution in [3.05, 3.63) is 53.6 Å². The number of hydrogen-bond acceptors (Lipinski definition) is 4. The maximum absolute atomic E-state index is 9.30. The topological polar surface area (TPSA) is 80.9 Å². The number of phenols is 3. The highest BCUT2D eigenvalue weighted by Crippen LogP contribution is 2.22. The lowest BCUT2D eigenvalue weighted by molar-refractivity contribution is 0.399. The van der Waals surface area contributed by atoms with Gasteiger partial charge in [0, 0.05) is 13.2 Å². The van der Waals surface area contributed by atoms with Gasteiger partial charge in [0.2, 0.25) is 0 Å². The number of hydrogen-bond donors (Lipinski definition) is 4. The Morgan fingerprint density at radius 3 is 1.63 bits per heavy atom. The summed E-state index contributed by atoms with van der Waals surface area (Å²) >= 11 is 0. The van der Waals surface area contributed by atoms with Gasteiger partial charge >= 0.3 is 0 Å². The second-order valence-electron chi connectivity index (χ2n) is 3.71. The fraction of sp³-hybridized carbons (Fsp3) is 0.0667. The molecule has 4 nitrogen and oxygen atoms in total. The Hall–Kier alpha value is -2.46. The van der Waals surface area contributed by atoms with Gasteiger partial charge in [0.1, 0.15) is 17.2 Å². The minimum Gasteiger partial charge on any atom is -0.508 e. The molecule has 0 aromatic heterocycles. The van der Waals surface area contributed by atoms with E-state index in [1.807, 2.05) is 6.08 Å². The summed E-state index contributed by atoms with van der Waals surface area (Å²) in [5.74, 6) is 0.267. The molecule has 4 N–H and O–H groups in total. The number of benzene rings is 2. The third kappa shape index (κ3) is 4.73. The first kappa shape index (κ1) is 14.6. The number of aromatic hydroxyl groups is 3. The molecule has 0 atom stereocenters. The molecule has 0 spiro atoms. The lowest BCUT2D eigenvalue weighted by atomic mass is 10.1. The average Bonchev–Trinajstić information content (AvgIpc) is 2.39. The number of rotatable bonds is 2. The molecule has 0 aliphatic rings. The maximum atomic E-state index is 9.30. The second-order valence-corrected chi connectivity index (χ2v) is 3.71. The molecule has 0 radical (unpaired) electrons. The lowest BCUT2D eigenvalue weighted by Crippen LogP contribution is -1.74. The largest absolute Gasteiger partial charge is 0.508 e. The van der Waals surface area contributed by atoms with E-state index in [1.54, 1.807) is 42.5 Å². The predicted octanol–water partition coefficient (Wildman–Crippen LogP) is 2.58. The van der Waals surface area contributed by atoms with Crippen molar-refractivity contribution in [1.82, 2.24) is 0 Å². The van der Waals surface area contributed by atoms with Gasteiger partial charge < -0.3 is 20.4 Å². The van der Waals surface area contributed by atoms with E-state index >= 15 is 0 Å². The SMILES string of the molecule is CO.Oc1ccc(C=Cc2cc(O)cc(O)c2)cc1. The van der Waals surface area contributed by atoms with E-state index < -0.39 is 0 Å². The van der Waals surface area contributed by atoms with E-state index in [0.717, 1.165) is 12.7 Å². The fourth-order valence-electron chi connectivity index (χ4n) is 1.49. The van der Waals surface area contributed by atoms with Crippen LogP contribution in [0, 0.1) is 0 Å². The Labute approximate surface area is 111 Å². The van der Waals surface area contributed by atoms with Gasteiger partial charge in [0.15, 0.2) is 0 Å². The van der Waals surface area contributed by atoms with Crippen molar-refractivity contribution in [3.8, 4) is 17.2 Å². The molecule has 19 heavy (non-hydrogen) atoms. The maximum Gasteiger partial charge on any atom is 0.119 e. The third-order valence-corrected chi connectivity index (χ3v) is 2.29. The smallest absolute Gasteiger partial charge is 0.119 e. The monoisotopic (exact) mass is 260 g/mol. The summed E-state index contributed by atoms with van der Waals surface area (Å²) in [5, 5.41) is 34.7. The Morgan fingerprint density at radius 2 is 1.11 bits per heavy atom. The molecule has 100 valence electrons. The Kier molecular flexibility index (Phi) is 5.44. The molecule has 2 aromatic rings. The normalized spacial score (nSPS) is 10.0. The van der Waals surface area contributed by atoms with Crippen LogP contribution in [0.5, 0.6) is 17.2 Å². The third-order valence-electron chi connectivity index (χ3n) is 2.29. The quantitative estimate of drug-likeness (QED) is 0.626. The van der Waals surface area contributed by atoms with Crippen LogP contribution >= 0.6 is 0 Å². The van der Waals surface area contributed by atoms with Crippen LogP contribution in [-0.4, -0.2) is 27.5 Å². The van der Waals surface area contributed by atoms with E-state index in [0.29, 0.717) is 5.56 Å². The van der Waals surface area contributed by atoms with Gasteiger partial charge in [-0.15, -0.1) is 0 Å². The molecular weight excluding hydrogens is 244 g/mol. The van der Waals surface area contributed by atoms with E-state index in [2.05, 4.69) is 0 Å². The van der Waals surface area contributed by atoms with Gasteiger partial charge in [-0.05, 0) is 35.4 Å². The van der Waals surface area contributed by atoms with Crippen LogP contribution < -0.4 is 0 Å². The van der Waals surface area contributed by atoms with Crippen LogP contribution in [0.3, 0.4) is 0 Å². The minimum atomic E-state index is 0.0235. The van der Waals surface area contributed by atoms with Crippen molar-refractivity contribution in [2.24, 2.45) is 0 Å². The van der Waals surface area contributed by atoms with Crippen LogP contribution in [0.2, 0.25) is 0 Å². The van der Waals surface area contributed by atoms with E-state index in [4.69, 9.17) is 10.2 Å². The van der Waals surface area contributed by atoms with Crippen LogP contribution in [0.4, 0.5) is 0 Å². The van der Waals surface area contributed by atoms with Crippen molar-refractivity contribution in [1.29, 1.82) is 0 Å². The van der Waals surface area contributed by atoms with Gasteiger partial charge in [-0.25, -0.2) is 0 Å². The highest BCUT2D eigenvalue weighted by Gasteiger charge is 1.95. The zero-order valence-electron chi connectivity index (χ0n) is 10.5. The highest BCUT2D eigenvalue weighted by molar-refractivity contribution is 5.71. The molecule has 0 saturated carbocycles. The molecule has 0 heterocycles. The Balaban J connectivity index is 0.000000861. The predicted molar refractivity (Wildman–Crippen MR) is 74.9 cm³/mol. The van der Waals surface area contributed by atoms with Crippen molar-refractivity contribution >= 4 is 12.2 Å². The van der Waals surface area contributed by atoms with E-state index in [9.17, 15) is 10.2 Å². The molecule has 0 bridgehead atoms. The first-order valence-corrected chi connectivity index (χ1v) is 5.58. The van der Waals surface area contributed by atoms with Crippen LogP contribution in [0.25, 0.3) is 12.2 Å². The molecule has 2 aromatic carbocycles. The molecule has 0 unspecified atom stereocenters. The van der Waals surface area contributed by atoms with E-state index in [-0.39, 0.29) is 17.2 Å². The summed E-state index contributed by atoms with van der Waals surface area (Å²) in [4.78, 5) is 0. The van der Waals surface area contributed by atoms with Gasteiger partial charge in [0.25, 0.3) is 0 Å².